The number of sulfonamides is 1. The van der Waals surface area contributed by atoms with Gasteiger partial charge in [-0.2, -0.15) is 10.2 Å². The molecule has 11 heteroatoms. The van der Waals surface area contributed by atoms with E-state index >= 15 is 0 Å². The molecule has 2 N–H and O–H groups in total. The summed E-state index contributed by atoms with van der Waals surface area (Å²) >= 11 is 0. The number of para-hydroxylation sites is 1. The number of hydrogen-bond donors (Lipinski definition) is 2. The van der Waals surface area contributed by atoms with Crippen LogP contribution in [0.15, 0.2) is 77.1 Å². The number of hydrazone groups is 1. The highest BCUT2D eigenvalue weighted by Gasteiger charge is 2.15. The largest absolute Gasteiger partial charge is 0.303 e. The summed E-state index contributed by atoms with van der Waals surface area (Å²) in [5.41, 5.74) is 5.25. The lowest BCUT2D eigenvalue weighted by Gasteiger charge is -2.14. The van der Waals surface area contributed by atoms with E-state index in [1.165, 1.54) is 19.2 Å². The number of rotatable bonds is 10. The Morgan fingerprint density at radius 1 is 1.00 bits per heavy atom. The third kappa shape index (κ3) is 5.59. The molecule has 0 aliphatic carbocycles. The maximum atomic E-state index is 12.6. The van der Waals surface area contributed by atoms with Crippen LogP contribution in [0.2, 0.25) is 0 Å². The molecule has 2 aromatic carbocycles. The Kier molecular flexibility index (Phi) is 7.31. The minimum atomic E-state index is -3.54. The van der Waals surface area contributed by atoms with E-state index in [0.717, 1.165) is 42.7 Å². The van der Waals surface area contributed by atoms with E-state index in [4.69, 9.17) is 0 Å². The van der Waals surface area contributed by atoms with Crippen LogP contribution in [0.4, 0.5) is 5.82 Å². The molecule has 186 valence electrons. The third-order valence-corrected chi connectivity index (χ3v) is 7.56. The summed E-state index contributed by atoms with van der Waals surface area (Å²) < 4.78 is 29.6. The second-order valence-electron chi connectivity index (χ2n) is 8.59. The minimum absolute atomic E-state index is 0.236. The summed E-state index contributed by atoms with van der Waals surface area (Å²) in [6, 6.07) is 16.3. The summed E-state index contributed by atoms with van der Waals surface area (Å²) in [5.74, 6) is 0.524. The highest BCUT2D eigenvalue weighted by molar-refractivity contribution is 7.89. The number of anilines is 1. The molecule has 0 unspecified atom stereocenters. The molecule has 0 saturated carbocycles. The van der Waals surface area contributed by atoms with E-state index in [9.17, 15) is 8.42 Å². The van der Waals surface area contributed by atoms with E-state index in [2.05, 4.69) is 35.2 Å². The topological polar surface area (TPSA) is 117 Å². The maximum absolute atomic E-state index is 12.6. The van der Waals surface area contributed by atoms with Crippen LogP contribution in [0.1, 0.15) is 24.8 Å². The van der Waals surface area contributed by atoms with Crippen LogP contribution >= 0.6 is 0 Å². The first-order valence-corrected chi connectivity index (χ1v) is 13.4. The van der Waals surface area contributed by atoms with E-state index < -0.39 is 10.0 Å². The molecular formula is C25H28N8O2S. The Bertz CT molecular complexity index is 1430. The molecule has 1 saturated heterocycles. The van der Waals surface area contributed by atoms with Crippen molar-refractivity contribution >= 4 is 33.1 Å². The minimum Gasteiger partial charge on any atom is -0.303 e. The van der Waals surface area contributed by atoms with Crippen molar-refractivity contribution in [1.29, 1.82) is 0 Å². The van der Waals surface area contributed by atoms with Crippen LogP contribution in [0.25, 0.3) is 16.7 Å². The van der Waals surface area contributed by atoms with Gasteiger partial charge in [0.2, 0.25) is 10.0 Å². The van der Waals surface area contributed by atoms with Gasteiger partial charge < -0.3 is 4.90 Å². The molecule has 4 aromatic rings. The Balaban J connectivity index is 1.19. The van der Waals surface area contributed by atoms with Crippen molar-refractivity contribution in [3.05, 3.63) is 72.7 Å². The smallest absolute Gasteiger partial charge is 0.240 e. The molecule has 1 aliphatic heterocycles. The maximum Gasteiger partial charge on any atom is 0.240 e. The molecule has 5 rings (SSSR count). The number of benzene rings is 2. The monoisotopic (exact) mass is 504 g/mol. The summed E-state index contributed by atoms with van der Waals surface area (Å²) in [6.07, 6.45) is 8.03. The van der Waals surface area contributed by atoms with Gasteiger partial charge in [0.15, 0.2) is 11.5 Å². The normalized spacial score (nSPS) is 14.7. The Hall–Kier alpha value is -3.67. The number of aromatic nitrogens is 4. The first-order valence-electron chi connectivity index (χ1n) is 12.0. The third-order valence-electron chi connectivity index (χ3n) is 6.08. The second kappa shape index (κ2) is 10.9. The Morgan fingerprint density at radius 3 is 2.56 bits per heavy atom. The summed E-state index contributed by atoms with van der Waals surface area (Å²) in [6.45, 7) is 3.59. The average Bonchev–Trinajstić information content (AvgIpc) is 3.58. The quantitative estimate of drug-likeness (QED) is 0.194. The van der Waals surface area contributed by atoms with E-state index in [1.807, 2.05) is 30.3 Å². The lowest BCUT2D eigenvalue weighted by Crippen LogP contribution is -2.28. The molecule has 2 aromatic heterocycles. The lowest BCUT2D eigenvalue weighted by molar-refractivity contribution is 0.334. The fraction of sp³-hybridized carbons (Fsp3) is 0.280. The highest BCUT2D eigenvalue weighted by Crippen LogP contribution is 2.21. The van der Waals surface area contributed by atoms with Gasteiger partial charge in [0.1, 0.15) is 6.33 Å². The lowest BCUT2D eigenvalue weighted by atomic mass is 10.2. The highest BCUT2D eigenvalue weighted by atomic mass is 32.2. The van der Waals surface area contributed by atoms with Gasteiger partial charge in [-0.1, -0.05) is 30.3 Å². The van der Waals surface area contributed by atoms with Crippen LogP contribution in [0.3, 0.4) is 0 Å². The number of likely N-dealkylation sites (tertiary alicyclic amines) is 1. The van der Waals surface area contributed by atoms with Crippen LogP contribution in [-0.2, 0) is 10.0 Å². The second-order valence-corrected chi connectivity index (χ2v) is 10.4. The van der Waals surface area contributed by atoms with Crippen LogP contribution in [0.5, 0.6) is 0 Å². The summed E-state index contributed by atoms with van der Waals surface area (Å²) in [4.78, 5) is 11.2. The van der Waals surface area contributed by atoms with Gasteiger partial charge in [-0.05, 0) is 68.7 Å². The number of nitrogens with one attached hydrogen (secondary N) is 2. The number of nitrogens with zero attached hydrogens (tertiary/aromatic N) is 6. The van der Waals surface area contributed by atoms with Gasteiger partial charge >= 0.3 is 0 Å². The molecule has 0 radical (unpaired) electrons. The van der Waals surface area contributed by atoms with Crippen molar-refractivity contribution in [3.8, 4) is 5.69 Å². The van der Waals surface area contributed by atoms with Gasteiger partial charge in [0.25, 0.3) is 0 Å². The molecule has 10 nitrogen and oxygen atoms in total. The predicted molar refractivity (Wildman–Crippen MR) is 140 cm³/mol. The fourth-order valence-electron chi connectivity index (χ4n) is 4.19. The summed E-state index contributed by atoms with van der Waals surface area (Å²) in [5, 5.41) is 9.42. The van der Waals surface area contributed by atoms with Crippen LogP contribution in [-0.4, -0.2) is 65.5 Å². The van der Waals surface area contributed by atoms with Gasteiger partial charge in [-0.3, -0.25) is 5.43 Å². The summed E-state index contributed by atoms with van der Waals surface area (Å²) in [7, 11) is -3.54. The molecule has 1 aliphatic rings. The predicted octanol–water partition coefficient (Wildman–Crippen LogP) is 3.03. The van der Waals surface area contributed by atoms with E-state index in [-0.39, 0.29) is 4.90 Å². The Morgan fingerprint density at radius 2 is 1.78 bits per heavy atom. The molecule has 0 amide bonds. The first kappa shape index (κ1) is 24.0. The van der Waals surface area contributed by atoms with E-state index in [1.54, 1.807) is 41.4 Å². The number of fused-ring (bicyclic) bond motifs is 1. The zero-order chi connectivity index (χ0) is 24.8. The first-order chi connectivity index (χ1) is 17.6. The van der Waals surface area contributed by atoms with E-state index in [0.29, 0.717) is 18.0 Å². The molecule has 0 atom stereocenters. The molecule has 3 heterocycles. The van der Waals surface area contributed by atoms with Gasteiger partial charge in [0.05, 0.1) is 28.4 Å². The molecular weight excluding hydrogens is 476 g/mol. The molecule has 0 spiro atoms. The molecule has 36 heavy (non-hydrogen) atoms. The van der Waals surface area contributed by atoms with Gasteiger partial charge in [-0.25, -0.2) is 27.8 Å². The Labute approximate surface area is 210 Å². The van der Waals surface area contributed by atoms with Crippen molar-refractivity contribution in [1.82, 2.24) is 29.4 Å². The molecule has 0 bridgehead atoms. The van der Waals surface area contributed by atoms with Crippen molar-refractivity contribution in [2.24, 2.45) is 5.10 Å². The van der Waals surface area contributed by atoms with Crippen molar-refractivity contribution in [2.75, 3.05) is 31.6 Å². The van der Waals surface area contributed by atoms with Crippen molar-refractivity contribution < 1.29 is 8.42 Å². The standard InChI is InChI=1S/C25H28N8O2S/c34-36(35,30-13-6-16-32-14-4-5-15-32)22-11-9-20(10-12-22)17-28-31-24-23-18-29-33(25(23)27-19-26-24)21-7-2-1-3-8-21/h1-3,7-12,17-19,30H,4-6,13-16H2,(H,26,27,31). The van der Waals surface area contributed by atoms with Crippen LogP contribution < -0.4 is 10.1 Å². The number of hydrogen-bond acceptors (Lipinski definition) is 8. The molecule has 1 fully saturated rings. The SMILES string of the molecule is O=S(=O)(NCCCN1CCCC1)c1ccc(C=NNc2ncnc3c2cnn3-c2ccccc2)cc1. The average molecular weight is 505 g/mol. The van der Waals surface area contributed by atoms with Gasteiger partial charge in [0, 0.05) is 6.54 Å². The zero-order valence-electron chi connectivity index (χ0n) is 19.8. The fourth-order valence-corrected chi connectivity index (χ4v) is 5.27. The zero-order valence-corrected chi connectivity index (χ0v) is 20.6. The van der Waals surface area contributed by atoms with Crippen molar-refractivity contribution in [3.63, 3.8) is 0 Å². The van der Waals surface area contributed by atoms with Crippen LogP contribution in [0, 0.1) is 0 Å². The van der Waals surface area contributed by atoms with Crippen molar-refractivity contribution in [2.45, 2.75) is 24.2 Å². The van der Waals surface area contributed by atoms with Gasteiger partial charge in [-0.15, -0.1) is 0 Å².